The van der Waals surface area contributed by atoms with Gasteiger partial charge in [0, 0.05) is 18.8 Å². The number of nitrogens with one attached hydrogen (secondary N) is 1. The Kier molecular flexibility index (Phi) is 5.95. The van der Waals surface area contributed by atoms with E-state index in [0.29, 0.717) is 5.41 Å². The summed E-state index contributed by atoms with van der Waals surface area (Å²) in [6.45, 7) is 7.04. The Morgan fingerprint density at radius 1 is 1.21 bits per heavy atom. The van der Waals surface area contributed by atoms with Gasteiger partial charge in [0.25, 0.3) is 0 Å². The van der Waals surface area contributed by atoms with Gasteiger partial charge in [0.05, 0.1) is 0 Å². The standard InChI is InChI=1S/C12H25NS/c1-3-12(7-5-6-8-12)11-13-9-10-14-4-2/h13H,3-11H2,1-2H3. The molecule has 0 radical (unpaired) electrons. The molecule has 14 heavy (non-hydrogen) atoms. The summed E-state index contributed by atoms with van der Waals surface area (Å²) in [7, 11) is 0. The molecule has 0 aromatic heterocycles. The first-order valence-electron chi connectivity index (χ1n) is 6.11. The molecule has 0 spiro atoms. The van der Waals surface area contributed by atoms with Crippen LogP contribution >= 0.6 is 11.8 Å². The Hall–Kier alpha value is 0.310. The molecule has 2 heteroatoms. The van der Waals surface area contributed by atoms with Gasteiger partial charge in [-0.15, -0.1) is 0 Å². The van der Waals surface area contributed by atoms with Crippen LogP contribution in [0.1, 0.15) is 46.0 Å². The molecule has 0 unspecified atom stereocenters. The summed E-state index contributed by atoms with van der Waals surface area (Å²) >= 11 is 2.03. The third-order valence-corrected chi connectivity index (χ3v) is 4.44. The molecular formula is C12H25NS. The van der Waals surface area contributed by atoms with Crippen LogP contribution in [0.15, 0.2) is 0 Å². The maximum absolute atomic E-state index is 3.63. The second kappa shape index (κ2) is 6.73. The highest BCUT2D eigenvalue weighted by molar-refractivity contribution is 7.99. The normalized spacial score (nSPS) is 20.1. The van der Waals surface area contributed by atoms with Crippen LogP contribution in [0, 0.1) is 5.41 Å². The minimum atomic E-state index is 0.664. The van der Waals surface area contributed by atoms with Crippen LogP contribution in [-0.2, 0) is 0 Å². The van der Waals surface area contributed by atoms with Crippen molar-refractivity contribution < 1.29 is 0 Å². The van der Waals surface area contributed by atoms with Crippen molar-refractivity contribution in [2.24, 2.45) is 5.41 Å². The molecule has 0 atom stereocenters. The Morgan fingerprint density at radius 3 is 2.50 bits per heavy atom. The summed E-state index contributed by atoms with van der Waals surface area (Å²) in [5.74, 6) is 2.52. The van der Waals surface area contributed by atoms with Gasteiger partial charge >= 0.3 is 0 Å². The van der Waals surface area contributed by atoms with E-state index in [2.05, 4.69) is 19.2 Å². The smallest absolute Gasteiger partial charge is 0.00580 e. The molecule has 0 aromatic rings. The van der Waals surface area contributed by atoms with E-state index >= 15 is 0 Å². The molecule has 1 N–H and O–H groups in total. The van der Waals surface area contributed by atoms with Crippen LogP contribution in [0.3, 0.4) is 0 Å². The topological polar surface area (TPSA) is 12.0 Å². The second-order valence-electron chi connectivity index (χ2n) is 4.43. The van der Waals surface area contributed by atoms with E-state index < -0.39 is 0 Å². The van der Waals surface area contributed by atoms with Crippen molar-refractivity contribution in [3.63, 3.8) is 0 Å². The van der Waals surface area contributed by atoms with Gasteiger partial charge in [0.2, 0.25) is 0 Å². The summed E-state index contributed by atoms with van der Waals surface area (Å²) in [4.78, 5) is 0. The number of rotatable bonds is 7. The summed E-state index contributed by atoms with van der Waals surface area (Å²) < 4.78 is 0. The molecule has 0 heterocycles. The molecule has 1 aliphatic rings. The lowest BCUT2D eigenvalue weighted by Crippen LogP contribution is -2.32. The summed E-state index contributed by atoms with van der Waals surface area (Å²) in [5, 5.41) is 3.63. The fourth-order valence-corrected chi connectivity index (χ4v) is 3.00. The lowest BCUT2D eigenvalue weighted by Gasteiger charge is -2.27. The number of thioether (sulfide) groups is 1. The largest absolute Gasteiger partial charge is 0.315 e. The molecule has 1 rings (SSSR count). The van der Waals surface area contributed by atoms with Crippen LogP contribution in [0.4, 0.5) is 0 Å². The van der Waals surface area contributed by atoms with Gasteiger partial charge in [-0.3, -0.25) is 0 Å². The highest BCUT2D eigenvalue weighted by Gasteiger charge is 2.31. The van der Waals surface area contributed by atoms with Crippen molar-refractivity contribution in [2.75, 3.05) is 24.6 Å². The van der Waals surface area contributed by atoms with Crippen molar-refractivity contribution in [2.45, 2.75) is 46.0 Å². The third kappa shape index (κ3) is 3.82. The lowest BCUT2D eigenvalue weighted by molar-refractivity contribution is 0.271. The van der Waals surface area contributed by atoms with Crippen LogP contribution in [0.5, 0.6) is 0 Å². The van der Waals surface area contributed by atoms with Gasteiger partial charge in [0.15, 0.2) is 0 Å². The predicted molar refractivity (Wildman–Crippen MR) is 67.1 cm³/mol. The van der Waals surface area contributed by atoms with Crippen LogP contribution in [0.25, 0.3) is 0 Å². The number of hydrogen-bond acceptors (Lipinski definition) is 2. The first kappa shape index (κ1) is 12.4. The van der Waals surface area contributed by atoms with E-state index in [-0.39, 0.29) is 0 Å². The van der Waals surface area contributed by atoms with E-state index in [9.17, 15) is 0 Å². The minimum absolute atomic E-state index is 0.664. The van der Waals surface area contributed by atoms with Crippen LogP contribution < -0.4 is 5.32 Å². The zero-order valence-corrected chi connectivity index (χ0v) is 10.6. The Bertz CT molecular complexity index is 141. The first-order valence-corrected chi connectivity index (χ1v) is 7.27. The second-order valence-corrected chi connectivity index (χ2v) is 5.83. The van der Waals surface area contributed by atoms with E-state index in [1.807, 2.05) is 11.8 Å². The first-order chi connectivity index (χ1) is 6.83. The molecule has 0 amide bonds. The van der Waals surface area contributed by atoms with Crippen LogP contribution in [0.2, 0.25) is 0 Å². The van der Waals surface area contributed by atoms with Crippen molar-refractivity contribution in [1.29, 1.82) is 0 Å². The van der Waals surface area contributed by atoms with E-state index in [0.717, 1.165) is 0 Å². The molecule has 84 valence electrons. The zero-order chi connectivity index (χ0) is 10.3. The molecular weight excluding hydrogens is 190 g/mol. The van der Waals surface area contributed by atoms with Gasteiger partial charge < -0.3 is 5.32 Å². The highest BCUT2D eigenvalue weighted by atomic mass is 32.2. The van der Waals surface area contributed by atoms with E-state index in [4.69, 9.17) is 0 Å². The molecule has 1 fully saturated rings. The van der Waals surface area contributed by atoms with Gasteiger partial charge in [-0.2, -0.15) is 11.8 Å². The Morgan fingerprint density at radius 2 is 1.93 bits per heavy atom. The molecule has 0 aliphatic heterocycles. The van der Waals surface area contributed by atoms with E-state index in [1.54, 1.807) is 0 Å². The van der Waals surface area contributed by atoms with Crippen molar-refractivity contribution in [3.05, 3.63) is 0 Å². The SMILES string of the molecule is CCSCCNCC1(CC)CCCC1. The summed E-state index contributed by atoms with van der Waals surface area (Å²) in [5.41, 5.74) is 0.664. The highest BCUT2D eigenvalue weighted by Crippen LogP contribution is 2.40. The van der Waals surface area contributed by atoms with Gasteiger partial charge in [-0.1, -0.05) is 26.7 Å². The Balaban J connectivity index is 2.08. The quantitative estimate of drug-likeness (QED) is 0.654. The van der Waals surface area contributed by atoms with Crippen LogP contribution in [-0.4, -0.2) is 24.6 Å². The minimum Gasteiger partial charge on any atom is -0.315 e. The maximum atomic E-state index is 3.63. The maximum Gasteiger partial charge on any atom is 0.00580 e. The average molecular weight is 215 g/mol. The Labute approximate surface area is 93.4 Å². The number of hydrogen-bond donors (Lipinski definition) is 1. The fraction of sp³-hybridized carbons (Fsp3) is 1.00. The summed E-state index contributed by atoms with van der Waals surface area (Å²) in [6, 6.07) is 0. The third-order valence-electron chi connectivity index (χ3n) is 3.54. The summed E-state index contributed by atoms with van der Waals surface area (Å²) in [6.07, 6.45) is 7.19. The molecule has 0 bridgehead atoms. The monoisotopic (exact) mass is 215 g/mol. The van der Waals surface area contributed by atoms with E-state index in [1.165, 1.54) is 56.7 Å². The molecule has 1 nitrogen and oxygen atoms in total. The lowest BCUT2D eigenvalue weighted by atomic mass is 9.83. The molecule has 1 aliphatic carbocycles. The van der Waals surface area contributed by atoms with Gasteiger partial charge in [-0.05, 0) is 30.4 Å². The fourth-order valence-electron chi connectivity index (χ4n) is 2.42. The van der Waals surface area contributed by atoms with Crippen molar-refractivity contribution >= 4 is 11.8 Å². The van der Waals surface area contributed by atoms with Crippen molar-refractivity contribution in [1.82, 2.24) is 5.32 Å². The molecule has 1 saturated carbocycles. The van der Waals surface area contributed by atoms with Gasteiger partial charge in [-0.25, -0.2) is 0 Å². The predicted octanol–water partition coefficient (Wildman–Crippen LogP) is 3.30. The zero-order valence-electron chi connectivity index (χ0n) is 9.77. The average Bonchev–Trinajstić information content (AvgIpc) is 2.67. The van der Waals surface area contributed by atoms with Crippen molar-refractivity contribution in [3.8, 4) is 0 Å². The molecule has 0 saturated heterocycles. The van der Waals surface area contributed by atoms with Gasteiger partial charge in [0.1, 0.15) is 0 Å². The molecule has 0 aromatic carbocycles.